The third kappa shape index (κ3) is 4.69. The van der Waals surface area contributed by atoms with Crippen molar-refractivity contribution in [1.29, 1.82) is 0 Å². The Morgan fingerprint density at radius 3 is 2.46 bits per heavy atom. The van der Waals surface area contributed by atoms with Crippen LogP contribution in [-0.2, 0) is 14.3 Å². The molecule has 1 aliphatic rings. The molecule has 2 N–H and O–H groups in total. The molecule has 1 aliphatic carbocycles. The molecular weight excluding hydrogens is 380 g/mol. The van der Waals surface area contributed by atoms with Crippen molar-refractivity contribution in [2.45, 2.75) is 25.7 Å². The van der Waals surface area contributed by atoms with E-state index in [4.69, 9.17) is 4.74 Å². The number of nitrogens with one attached hydrogen (secondary N) is 2. The first kappa shape index (κ1) is 19.9. The zero-order chi connectivity index (χ0) is 20.1. The molecular formula is C20H22N2O5S. The standard InChI is InChI=1S/C20H22N2O5S/c1-3-27-20(25)17-15(12-4-5-12)11-28-18(17)22-16(23)10-21-14-8-6-13(7-9-14)19(24)26-2/h6-9,11-12,21H,3-5,10H2,1-2H3,(H,22,23). The molecule has 1 amide bonds. The number of ether oxygens (including phenoxy) is 2. The first-order chi connectivity index (χ1) is 13.5. The maximum absolute atomic E-state index is 12.3. The van der Waals surface area contributed by atoms with Crippen LogP contribution < -0.4 is 10.6 Å². The second-order valence-electron chi connectivity index (χ2n) is 6.36. The number of benzene rings is 1. The van der Waals surface area contributed by atoms with E-state index >= 15 is 0 Å². The van der Waals surface area contributed by atoms with Crippen LogP contribution in [0.4, 0.5) is 10.7 Å². The number of anilines is 2. The predicted octanol–water partition coefficient (Wildman–Crippen LogP) is 3.64. The van der Waals surface area contributed by atoms with Gasteiger partial charge >= 0.3 is 11.9 Å². The number of methoxy groups -OCH3 is 1. The predicted molar refractivity (Wildman–Crippen MR) is 107 cm³/mol. The number of carbonyl (C=O) groups is 3. The lowest BCUT2D eigenvalue weighted by molar-refractivity contribution is -0.114. The van der Waals surface area contributed by atoms with Gasteiger partial charge in [0.05, 0.1) is 31.4 Å². The molecule has 8 heteroatoms. The summed E-state index contributed by atoms with van der Waals surface area (Å²) >= 11 is 1.34. The Hall–Kier alpha value is -2.87. The van der Waals surface area contributed by atoms with Crippen LogP contribution in [0.25, 0.3) is 0 Å². The van der Waals surface area contributed by atoms with Gasteiger partial charge in [-0.15, -0.1) is 11.3 Å². The average molecular weight is 402 g/mol. The van der Waals surface area contributed by atoms with Crippen molar-refractivity contribution < 1.29 is 23.9 Å². The minimum absolute atomic E-state index is 0.0243. The summed E-state index contributed by atoms with van der Waals surface area (Å²) in [5.74, 6) is -0.702. The quantitative estimate of drug-likeness (QED) is 0.655. The lowest BCUT2D eigenvalue weighted by Gasteiger charge is -2.10. The number of hydrogen-bond donors (Lipinski definition) is 2. The first-order valence-corrected chi connectivity index (χ1v) is 9.92. The number of esters is 2. The van der Waals surface area contributed by atoms with Gasteiger partial charge in [-0.1, -0.05) is 0 Å². The van der Waals surface area contributed by atoms with Gasteiger partial charge in [0, 0.05) is 5.69 Å². The highest BCUT2D eigenvalue weighted by Crippen LogP contribution is 2.46. The second-order valence-corrected chi connectivity index (χ2v) is 7.24. The summed E-state index contributed by atoms with van der Waals surface area (Å²) in [7, 11) is 1.32. The van der Waals surface area contributed by atoms with Gasteiger partial charge in [-0.25, -0.2) is 9.59 Å². The zero-order valence-electron chi connectivity index (χ0n) is 15.7. The molecule has 3 rings (SSSR count). The molecule has 148 valence electrons. The number of thiophene rings is 1. The largest absolute Gasteiger partial charge is 0.465 e. The molecule has 28 heavy (non-hydrogen) atoms. The van der Waals surface area contributed by atoms with Gasteiger partial charge in [-0.3, -0.25) is 4.79 Å². The molecule has 0 spiro atoms. The molecule has 1 saturated carbocycles. The van der Waals surface area contributed by atoms with Crippen LogP contribution in [0.2, 0.25) is 0 Å². The van der Waals surface area contributed by atoms with Crippen molar-refractivity contribution in [2.24, 2.45) is 0 Å². The van der Waals surface area contributed by atoms with Crippen LogP contribution in [0.1, 0.15) is 52.0 Å². The summed E-state index contributed by atoms with van der Waals surface area (Å²) < 4.78 is 9.81. The lowest BCUT2D eigenvalue weighted by atomic mass is 10.1. The van der Waals surface area contributed by atoms with Crippen molar-refractivity contribution in [1.82, 2.24) is 0 Å². The van der Waals surface area contributed by atoms with E-state index in [-0.39, 0.29) is 19.1 Å². The first-order valence-electron chi connectivity index (χ1n) is 9.04. The van der Waals surface area contributed by atoms with Crippen LogP contribution in [-0.4, -0.2) is 38.1 Å². The molecule has 1 heterocycles. The molecule has 0 aliphatic heterocycles. The molecule has 0 bridgehead atoms. The van der Waals surface area contributed by atoms with Crippen LogP contribution in [0.15, 0.2) is 29.6 Å². The topological polar surface area (TPSA) is 93.7 Å². The van der Waals surface area contributed by atoms with Gasteiger partial charge in [0.25, 0.3) is 0 Å². The van der Waals surface area contributed by atoms with E-state index in [1.807, 2.05) is 5.38 Å². The van der Waals surface area contributed by atoms with Gasteiger partial charge < -0.3 is 20.1 Å². The van der Waals surface area contributed by atoms with Crippen molar-refractivity contribution in [2.75, 3.05) is 30.9 Å². The van der Waals surface area contributed by atoms with E-state index in [9.17, 15) is 14.4 Å². The second kappa shape index (κ2) is 8.88. The molecule has 1 fully saturated rings. The fourth-order valence-corrected chi connectivity index (χ4v) is 3.81. The fraction of sp³-hybridized carbons (Fsp3) is 0.350. The third-order valence-corrected chi connectivity index (χ3v) is 5.24. The van der Waals surface area contributed by atoms with Crippen LogP contribution in [0, 0.1) is 0 Å². The number of rotatable bonds is 8. The van der Waals surface area contributed by atoms with Gasteiger partial charge in [-0.2, -0.15) is 0 Å². The zero-order valence-corrected chi connectivity index (χ0v) is 16.6. The highest BCUT2D eigenvalue weighted by atomic mass is 32.1. The van der Waals surface area contributed by atoms with E-state index in [0.29, 0.717) is 27.7 Å². The number of amides is 1. The molecule has 0 unspecified atom stereocenters. The summed E-state index contributed by atoms with van der Waals surface area (Å²) in [5.41, 5.74) is 2.57. The highest BCUT2D eigenvalue weighted by molar-refractivity contribution is 7.15. The molecule has 7 nitrogen and oxygen atoms in total. The maximum Gasteiger partial charge on any atom is 0.341 e. The molecule has 2 aromatic rings. The summed E-state index contributed by atoms with van der Waals surface area (Å²) in [6.45, 7) is 2.07. The Morgan fingerprint density at radius 2 is 1.86 bits per heavy atom. The summed E-state index contributed by atoms with van der Waals surface area (Å²) in [4.78, 5) is 36.1. The normalized spacial score (nSPS) is 12.9. The van der Waals surface area contributed by atoms with E-state index in [1.165, 1.54) is 18.4 Å². The number of hydrogen-bond acceptors (Lipinski definition) is 7. The van der Waals surface area contributed by atoms with Crippen LogP contribution >= 0.6 is 11.3 Å². The van der Waals surface area contributed by atoms with Gasteiger partial charge in [0.15, 0.2) is 0 Å². The monoisotopic (exact) mass is 402 g/mol. The third-order valence-electron chi connectivity index (χ3n) is 4.33. The Bertz CT molecular complexity index is 871. The van der Waals surface area contributed by atoms with E-state index < -0.39 is 11.9 Å². The van der Waals surface area contributed by atoms with Gasteiger partial charge in [-0.05, 0) is 60.9 Å². The summed E-state index contributed by atoms with van der Waals surface area (Å²) in [5, 5.41) is 8.24. The maximum atomic E-state index is 12.3. The Labute approximate surface area is 167 Å². The Morgan fingerprint density at radius 1 is 1.14 bits per heavy atom. The average Bonchev–Trinajstić information content (AvgIpc) is 3.46. The van der Waals surface area contributed by atoms with E-state index in [0.717, 1.165) is 18.4 Å². The Balaban J connectivity index is 1.62. The minimum atomic E-state index is -0.417. The van der Waals surface area contributed by atoms with Crippen molar-refractivity contribution in [3.63, 3.8) is 0 Å². The molecule has 0 saturated heterocycles. The SMILES string of the molecule is CCOC(=O)c1c(C2CC2)csc1NC(=O)CNc1ccc(C(=O)OC)cc1. The van der Waals surface area contributed by atoms with Crippen molar-refractivity contribution >= 4 is 39.9 Å². The molecule has 1 aromatic carbocycles. The van der Waals surface area contributed by atoms with E-state index in [2.05, 4.69) is 15.4 Å². The van der Waals surface area contributed by atoms with Crippen LogP contribution in [0.5, 0.6) is 0 Å². The van der Waals surface area contributed by atoms with Crippen LogP contribution in [0.3, 0.4) is 0 Å². The summed E-state index contributed by atoms with van der Waals surface area (Å²) in [6, 6.07) is 6.62. The van der Waals surface area contributed by atoms with Gasteiger partial charge in [0.2, 0.25) is 5.91 Å². The summed E-state index contributed by atoms with van der Waals surface area (Å²) in [6.07, 6.45) is 2.11. The van der Waals surface area contributed by atoms with Gasteiger partial charge in [0.1, 0.15) is 5.00 Å². The molecule has 1 aromatic heterocycles. The highest BCUT2D eigenvalue weighted by Gasteiger charge is 2.32. The number of carbonyl (C=O) groups excluding carboxylic acids is 3. The Kier molecular flexibility index (Phi) is 6.30. The lowest BCUT2D eigenvalue weighted by Crippen LogP contribution is -2.22. The van der Waals surface area contributed by atoms with E-state index in [1.54, 1.807) is 31.2 Å². The minimum Gasteiger partial charge on any atom is -0.465 e. The molecule has 0 radical (unpaired) electrons. The fourth-order valence-electron chi connectivity index (χ4n) is 2.77. The smallest absolute Gasteiger partial charge is 0.341 e. The molecule has 0 atom stereocenters. The van der Waals surface area contributed by atoms with Crippen molar-refractivity contribution in [3.05, 3.63) is 46.3 Å². The van der Waals surface area contributed by atoms with Crippen molar-refractivity contribution in [3.8, 4) is 0 Å².